The highest BCUT2D eigenvalue weighted by Crippen LogP contribution is 2.27. The number of hydrogen-bond acceptors (Lipinski definition) is 5. The predicted molar refractivity (Wildman–Crippen MR) is 99.9 cm³/mol. The smallest absolute Gasteiger partial charge is 0.198 e. The number of imidazole rings is 1. The van der Waals surface area contributed by atoms with E-state index in [1.54, 1.807) is 0 Å². The number of piperidine rings is 1. The Labute approximate surface area is 160 Å². The van der Waals surface area contributed by atoms with Crippen molar-refractivity contribution in [3.63, 3.8) is 0 Å². The second-order valence-electron chi connectivity index (χ2n) is 6.69. The fourth-order valence-corrected chi connectivity index (χ4v) is 3.56. The lowest BCUT2D eigenvalue weighted by atomic mass is 9.99. The minimum atomic E-state index is -0.737. The monoisotopic (exact) mass is 392 g/mol. The Balaban J connectivity index is 1.77. The van der Waals surface area contributed by atoms with E-state index in [0.717, 1.165) is 25.8 Å². The van der Waals surface area contributed by atoms with Gasteiger partial charge in [0, 0.05) is 12.1 Å². The van der Waals surface area contributed by atoms with Crippen LogP contribution in [0.2, 0.25) is 5.15 Å². The summed E-state index contributed by atoms with van der Waals surface area (Å²) >= 11 is 6.15. The molecule has 9 heteroatoms. The summed E-state index contributed by atoms with van der Waals surface area (Å²) in [6, 6.07) is 3.95. The van der Waals surface area contributed by atoms with Gasteiger partial charge in [0.05, 0.1) is 11.8 Å². The van der Waals surface area contributed by atoms with Crippen LogP contribution in [-0.4, -0.2) is 38.2 Å². The summed E-state index contributed by atoms with van der Waals surface area (Å²) in [5.41, 5.74) is 0.110. The van der Waals surface area contributed by atoms with Crippen molar-refractivity contribution in [2.24, 2.45) is 0 Å². The molecule has 0 saturated carbocycles. The molecule has 0 radical (unpaired) electrons. The number of anilines is 1. The zero-order valence-electron chi connectivity index (χ0n) is 14.7. The molecule has 0 aliphatic carbocycles. The molecule has 2 N–H and O–H groups in total. The largest absolute Gasteiger partial charge is 0.363 e. The van der Waals surface area contributed by atoms with Crippen LogP contribution in [0.4, 0.5) is 14.6 Å². The van der Waals surface area contributed by atoms with E-state index in [9.17, 15) is 8.78 Å². The maximum Gasteiger partial charge on any atom is 0.198 e. The molecular weight excluding hydrogens is 374 g/mol. The fourth-order valence-electron chi connectivity index (χ4n) is 3.39. The molecule has 6 nitrogen and oxygen atoms in total. The van der Waals surface area contributed by atoms with Gasteiger partial charge in [-0.3, -0.25) is 0 Å². The molecule has 0 bridgehead atoms. The molecule has 3 heterocycles. The van der Waals surface area contributed by atoms with Crippen molar-refractivity contribution in [1.29, 1.82) is 0 Å². The van der Waals surface area contributed by atoms with Crippen molar-refractivity contribution in [2.45, 2.75) is 38.3 Å². The van der Waals surface area contributed by atoms with E-state index in [4.69, 9.17) is 11.6 Å². The number of halogens is 3. The van der Waals surface area contributed by atoms with Crippen LogP contribution >= 0.6 is 11.6 Å². The fraction of sp³-hybridized carbons (Fsp3) is 0.389. The average molecular weight is 393 g/mol. The van der Waals surface area contributed by atoms with Crippen molar-refractivity contribution in [3.8, 4) is 11.4 Å². The van der Waals surface area contributed by atoms with E-state index >= 15 is 0 Å². The maximum absolute atomic E-state index is 14.2. The van der Waals surface area contributed by atoms with Crippen LogP contribution in [0.5, 0.6) is 0 Å². The molecule has 3 aromatic rings. The molecule has 4 rings (SSSR count). The van der Waals surface area contributed by atoms with E-state index in [-0.39, 0.29) is 28.6 Å². The molecule has 1 aliphatic rings. The molecule has 1 fully saturated rings. The van der Waals surface area contributed by atoms with Gasteiger partial charge in [-0.2, -0.15) is 4.52 Å². The quantitative estimate of drug-likeness (QED) is 0.709. The van der Waals surface area contributed by atoms with Crippen LogP contribution < -0.4 is 10.6 Å². The van der Waals surface area contributed by atoms with Crippen LogP contribution in [0.15, 0.2) is 24.4 Å². The van der Waals surface area contributed by atoms with Crippen LogP contribution in [0.3, 0.4) is 0 Å². The minimum absolute atomic E-state index is 0.0396. The van der Waals surface area contributed by atoms with Crippen LogP contribution in [0.1, 0.15) is 26.2 Å². The first-order valence-electron chi connectivity index (χ1n) is 8.90. The van der Waals surface area contributed by atoms with Crippen molar-refractivity contribution in [1.82, 2.24) is 24.9 Å². The normalized spacial score (nSPS) is 18.6. The van der Waals surface area contributed by atoms with Crippen molar-refractivity contribution >= 4 is 23.1 Å². The molecule has 0 amide bonds. The average Bonchev–Trinajstić information content (AvgIpc) is 3.04. The number of rotatable bonds is 4. The maximum atomic E-state index is 14.2. The van der Waals surface area contributed by atoms with Crippen LogP contribution in [0.25, 0.3) is 17.0 Å². The third-order valence-electron chi connectivity index (χ3n) is 4.82. The molecule has 1 saturated heterocycles. The SMILES string of the molecule is CC(Nc1nc(-c2c(F)cccc2F)nn2c(Cl)cnc12)C1CCCCN1. The van der Waals surface area contributed by atoms with Gasteiger partial charge < -0.3 is 10.6 Å². The second kappa shape index (κ2) is 7.36. The lowest BCUT2D eigenvalue weighted by molar-refractivity contribution is 0.372. The molecular formula is C18H19ClF2N6. The highest BCUT2D eigenvalue weighted by Gasteiger charge is 2.23. The van der Waals surface area contributed by atoms with Gasteiger partial charge >= 0.3 is 0 Å². The minimum Gasteiger partial charge on any atom is -0.363 e. The number of aromatic nitrogens is 4. The predicted octanol–water partition coefficient (Wildman–Crippen LogP) is 3.67. The Hall–Kier alpha value is -2.32. The first-order chi connectivity index (χ1) is 13.0. The Kier molecular flexibility index (Phi) is 4.92. The van der Waals surface area contributed by atoms with Crippen molar-refractivity contribution in [2.75, 3.05) is 11.9 Å². The highest BCUT2D eigenvalue weighted by molar-refractivity contribution is 6.29. The van der Waals surface area contributed by atoms with Crippen LogP contribution in [-0.2, 0) is 0 Å². The summed E-state index contributed by atoms with van der Waals surface area (Å²) in [7, 11) is 0. The molecule has 1 aromatic carbocycles. The Morgan fingerprint density at radius 3 is 2.78 bits per heavy atom. The lowest BCUT2D eigenvalue weighted by Crippen LogP contribution is -2.45. The van der Waals surface area contributed by atoms with Gasteiger partial charge in [-0.05, 0) is 38.4 Å². The van der Waals surface area contributed by atoms with Crippen molar-refractivity contribution in [3.05, 3.63) is 41.2 Å². The molecule has 27 heavy (non-hydrogen) atoms. The number of fused-ring (bicyclic) bond motifs is 1. The van der Waals surface area contributed by atoms with Gasteiger partial charge in [0.25, 0.3) is 0 Å². The number of nitrogens with zero attached hydrogens (tertiary/aromatic N) is 4. The van der Waals surface area contributed by atoms with E-state index < -0.39 is 11.6 Å². The summed E-state index contributed by atoms with van der Waals surface area (Å²) in [5, 5.41) is 11.2. The summed E-state index contributed by atoms with van der Waals surface area (Å²) < 4.78 is 29.8. The van der Waals surface area contributed by atoms with Gasteiger partial charge in [0.15, 0.2) is 22.4 Å². The zero-order chi connectivity index (χ0) is 19.0. The molecule has 142 valence electrons. The van der Waals surface area contributed by atoms with E-state index in [0.29, 0.717) is 11.5 Å². The number of nitrogens with one attached hydrogen (secondary N) is 2. The first-order valence-corrected chi connectivity index (χ1v) is 9.28. The van der Waals surface area contributed by atoms with E-state index in [2.05, 4.69) is 25.7 Å². The van der Waals surface area contributed by atoms with Crippen molar-refractivity contribution < 1.29 is 8.78 Å². The summed E-state index contributed by atoms with van der Waals surface area (Å²) in [5.74, 6) is -1.18. The molecule has 2 unspecified atom stereocenters. The molecule has 1 aliphatic heterocycles. The highest BCUT2D eigenvalue weighted by atomic mass is 35.5. The third kappa shape index (κ3) is 3.46. The van der Waals surface area contributed by atoms with Gasteiger partial charge in [-0.25, -0.2) is 18.7 Å². The second-order valence-corrected chi connectivity index (χ2v) is 7.07. The third-order valence-corrected chi connectivity index (χ3v) is 5.08. The van der Waals surface area contributed by atoms with Gasteiger partial charge in [-0.1, -0.05) is 24.1 Å². The molecule has 0 spiro atoms. The first kappa shape index (κ1) is 18.1. The number of benzene rings is 1. The zero-order valence-corrected chi connectivity index (χ0v) is 15.5. The Morgan fingerprint density at radius 2 is 2.07 bits per heavy atom. The Bertz CT molecular complexity index is 950. The van der Waals surface area contributed by atoms with Gasteiger partial charge in [0.2, 0.25) is 0 Å². The lowest BCUT2D eigenvalue weighted by Gasteiger charge is -2.30. The summed E-state index contributed by atoms with van der Waals surface area (Å²) in [6.45, 7) is 3.01. The number of hydrogen-bond donors (Lipinski definition) is 2. The van der Waals surface area contributed by atoms with Gasteiger partial charge in [0.1, 0.15) is 11.6 Å². The summed E-state index contributed by atoms with van der Waals surface area (Å²) in [6.07, 6.45) is 4.79. The standard InChI is InChI=1S/C18H19ClF2N6/c1-10(13-7-2-3-8-22-13)24-17-18-23-9-14(19)27(18)26-16(25-17)15-11(20)5-4-6-12(15)21/h4-6,9-10,13,22H,2-3,7-8H2,1H3,(H,24,25,26). The summed E-state index contributed by atoms with van der Waals surface area (Å²) in [4.78, 5) is 8.60. The topological polar surface area (TPSA) is 67.1 Å². The van der Waals surface area contributed by atoms with E-state index in [1.807, 2.05) is 6.92 Å². The van der Waals surface area contributed by atoms with E-state index in [1.165, 1.54) is 28.9 Å². The van der Waals surface area contributed by atoms with Crippen LogP contribution in [0, 0.1) is 11.6 Å². The molecule has 2 atom stereocenters. The van der Waals surface area contributed by atoms with Gasteiger partial charge in [-0.15, -0.1) is 5.10 Å². The molecule has 2 aromatic heterocycles. The Morgan fingerprint density at radius 1 is 1.30 bits per heavy atom.